The molecular weight excluding hydrogens is 1000 g/mol. The monoisotopic (exact) mass is 1110 g/mol. The second-order valence-electron chi connectivity index (χ2n) is 20.9. The number of aliphatic hydroxyl groups is 1. The number of phosphoric ester groups is 1. The summed E-state index contributed by atoms with van der Waals surface area (Å²) in [4.78, 5) is 48.6. The zero-order chi connectivity index (χ0) is 56.9. The molecule has 0 aliphatic rings. The van der Waals surface area contributed by atoms with E-state index in [0.717, 1.165) is 77.0 Å². The fourth-order valence-electron chi connectivity index (χ4n) is 8.58. The Kier molecular flexibility index (Phi) is 57.2. The standard InChI is InChI=1S/C66H115O11P/c1-4-7-10-13-16-19-22-25-28-30-31-33-36-39-42-45-48-51-54-57-66(70)77-63(59-73-64(68)55-52-49-46-43-40-37-35-32-29-26-23-20-17-14-11-8-5-2)61-75-78(71,72)74-60-62(58-67)76-65(69)56-53-50-47-44-41-38-34-27-24-21-18-15-12-9-6-3/h9,12,16,18-19,21,25,27-28,34,41,44,50,53,62-63,67H,4-8,10-11,13-15,17,20,22-24,26,29-33,35-40,42-43,45-49,51-52,54-61H2,1-3H3,(H,71,72)/b12-9-,19-16-,21-18-,28-25-,34-27-,44-41-,53-50-. The molecule has 0 aromatic carbocycles. The fourth-order valence-corrected chi connectivity index (χ4v) is 9.37. The van der Waals surface area contributed by atoms with Crippen molar-refractivity contribution in [2.75, 3.05) is 26.4 Å². The molecule has 0 radical (unpaired) electrons. The second-order valence-corrected chi connectivity index (χ2v) is 22.3. The van der Waals surface area contributed by atoms with Gasteiger partial charge in [0, 0.05) is 12.8 Å². The summed E-state index contributed by atoms with van der Waals surface area (Å²) in [6.07, 6.45) is 69.9. The van der Waals surface area contributed by atoms with Gasteiger partial charge >= 0.3 is 25.7 Å². The number of aliphatic hydroxyl groups excluding tert-OH is 1. The minimum absolute atomic E-state index is 0.0564. The van der Waals surface area contributed by atoms with Crippen LogP contribution in [0.15, 0.2) is 85.1 Å². The fraction of sp³-hybridized carbons (Fsp3) is 0.742. The van der Waals surface area contributed by atoms with Crippen molar-refractivity contribution in [1.82, 2.24) is 0 Å². The van der Waals surface area contributed by atoms with Gasteiger partial charge in [0.2, 0.25) is 0 Å². The molecule has 0 amide bonds. The third-order valence-corrected chi connectivity index (χ3v) is 14.3. The van der Waals surface area contributed by atoms with E-state index in [1.807, 2.05) is 18.2 Å². The molecule has 0 aromatic rings. The van der Waals surface area contributed by atoms with Crippen molar-refractivity contribution in [3.8, 4) is 0 Å². The van der Waals surface area contributed by atoms with E-state index in [1.54, 1.807) is 6.08 Å². The molecule has 0 saturated carbocycles. The Morgan fingerprint density at radius 3 is 1.15 bits per heavy atom. The molecule has 3 unspecified atom stereocenters. The van der Waals surface area contributed by atoms with E-state index >= 15 is 0 Å². The van der Waals surface area contributed by atoms with Crippen LogP contribution in [-0.2, 0) is 42.2 Å². The first-order valence-electron chi connectivity index (χ1n) is 31.5. The highest BCUT2D eigenvalue weighted by molar-refractivity contribution is 7.47. The van der Waals surface area contributed by atoms with E-state index < -0.39 is 57.8 Å². The topological polar surface area (TPSA) is 155 Å². The van der Waals surface area contributed by atoms with Crippen LogP contribution < -0.4 is 0 Å². The number of ether oxygens (including phenoxy) is 3. The van der Waals surface area contributed by atoms with Crippen LogP contribution in [0.2, 0.25) is 0 Å². The molecule has 0 aromatic heterocycles. The molecule has 12 heteroatoms. The Hall–Kier alpha value is -3.34. The first-order chi connectivity index (χ1) is 38.2. The van der Waals surface area contributed by atoms with Crippen LogP contribution >= 0.6 is 7.82 Å². The number of carbonyl (C=O) groups is 3. The van der Waals surface area contributed by atoms with Crippen LogP contribution in [0.5, 0.6) is 0 Å². The number of esters is 3. The van der Waals surface area contributed by atoms with E-state index in [2.05, 4.69) is 81.5 Å². The SMILES string of the molecule is CC/C=C\C/C=C\C/C=C\C/C=C\C/C=C\CC(=O)OC(CO)COP(=O)(O)OCC(COC(=O)CCCCCCCCCCCCCCCCCCC)OC(=O)CCCCCCCCCCC/C=C\C/C=C\CCCCC. The lowest BCUT2D eigenvalue weighted by molar-refractivity contribution is -0.161. The van der Waals surface area contributed by atoms with Gasteiger partial charge < -0.3 is 24.2 Å². The summed E-state index contributed by atoms with van der Waals surface area (Å²) < 4.78 is 39.5. The van der Waals surface area contributed by atoms with Crippen molar-refractivity contribution >= 4 is 25.7 Å². The molecule has 78 heavy (non-hydrogen) atoms. The summed E-state index contributed by atoms with van der Waals surface area (Å²) in [5.74, 6) is -1.60. The van der Waals surface area contributed by atoms with Gasteiger partial charge in [-0.05, 0) is 77.0 Å². The third kappa shape index (κ3) is 57.3. The number of rotatable bonds is 58. The van der Waals surface area contributed by atoms with Gasteiger partial charge in [-0.1, -0.05) is 266 Å². The summed E-state index contributed by atoms with van der Waals surface area (Å²) in [5.41, 5.74) is 0. The second kappa shape index (κ2) is 59.8. The van der Waals surface area contributed by atoms with Crippen molar-refractivity contribution in [2.24, 2.45) is 0 Å². The quantitative estimate of drug-likeness (QED) is 0.0197. The van der Waals surface area contributed by atoms with Crippen molar-refractivity contribution in [1.29, 1.82) is 0 Å². The van der Waals surface area contributed by atoms with Gasteiger partial charge in [0.05, 0.1) is 26.2 Å². The van der Waals surface area contributed by atoms with Crippen LogP contribution in [-0.4, -0.2) is 66.5 Å². The molecule has 2 N–H and O–H groups in total. The molecule has 3 atom stereocenters. The van der Waals surface area contributed by atoms with Crippen LogP contribution in [0.3, 0.4) is 0 Å². The molecule has 0 aliphatic heterocycles. The largest absolute Gasteiger partial charge is 0.472 e. The lowest BCUT2D eigenvalue weighted by Gasteiger charge is -2.21. The van der Waals surface area contributed by atoms with Crippen molar-refractivity contribution in [3.63, 3.8) is 0 Å². The zero-order valence-corrected chi connectivity index (χ0v) is 50.8. The normalized spacial score (nSPS) is 13.9. The Balaban J connectivity index is 4.77. The number of unbranched alkanes of at least 4 members (excludes halogenated alkanes) is 28. The molecule has 0 heterocycles. The van der Waals surface area contributed by atoms with Crippen molar-refractivity contribution in [2.45, 2.75) is 290 Å². The van der Waals surface area contributed by atoms with Gasteiger partial charge in [-0.15, -0.1) is 0 Å². The van der Waals surface area contributed by atoms with E-state index in [0.29, 0.717) is 19.3 Å². The summed E-state index contributed by atoms with van der Waals surface area (Å²) >= 11 is 0. The highest BCUT2D eigenvalue weighted by Crippen LogP contribution is 2.43. The van der Waals surface area contributed by atoms with Crippen LogP contribution in [0.4, 0.5) is 0 Å². The minimum Gasteiger partial charge on any atom is -0.462 e. The molecular formula is C66H115O11P. The Labute approximate surface area is 477 Å². The molecule has 0 aliphatic carbocycles. The summed E-state index contributed by atoms with van der Waals surface area (Å²) in [6.45, 7) is 4.43. The number of hydrogen-bond acceptors (Lipinski definition) is 10. The van der Waals surface area contributed by atoms with Crippen molar-refractivity contribution < 1.29 is 52.2 Å². The average Bonchev–Trinajstić information content (AvgIpc) is 3.43. The van der Waals surface area contributed by atoms with Gasteiger partial charge in [0.25, 0.3) is 0 Å². The van der Waals surface area contributed by atoms with E-state index in [4.69, 9.17) is 23.3 Å². The van der Waals surface area contributed by atoms with E-state index in [9.17, 15) is 28.9 Å². The van der Waals surface area contributed by atoms with E-state index in [-0.39, 0.29) is 25.9 Å². The zero-order valence-electron chi connectivity index (χ0n) is 49.9. The molecule has 0 rings (SSSR count). The molecule has 450 valence electrons. The maximum atomic E-state index is 13.0. The molecule has 0 bridgehead atoms. The number of allylic oxidation sites excluding steroid dienone is 13. The summed E-state index contributed by atoms with van der Waals surface area (Å²) in [5, 5.41) is 9.81. The van der Waals surface area contributed by atoms with Crippen LogP contribution in [0, 0.1) is 0 Å². The Morgan fingerprint density at radius 2 is 0.718 bits per heavy atom. The van der Waals surface area contributed by atoms with E-state index in [1.165, 1.54) is 141 Å². The Bertz CT molecular complexity index is 1630. The highest BCUT2D eigenvalue weighted by atomic mass is 31.2. The lowest BCUT2D eigenvalue weighted by Crippen LogP contribution is -2.30. The maximum absolute atomic E-state index is 13.0. The lowest BCUT2D eigenvalue weighted by atomic mass is 10.0. The first-order valence-corrected chi connectivity index (χ1v) is 33.0. The molecule has 0 saturated heterocycles. The highest BCUT2D eigenvalue weighted by Gasteiger charge is 2.28. The van der Waals surface area contributed by atoms with Gasteiger partial charge in [-0.2, -0.15) is 0 Å². The summed E-state index contributed by atoms with van der Waals surface area (Å²) in [6, 6.07) is 0. The number of hydrogen-bond donors (Lipinski definition) is 2. The smallest absolute Gasteiger partial charge is 0.462 e. The maximum Gasteiger partial charge on any atom is 0.472 e. The predicted molar refractivity (Wildman–Crippen MR) is 325 cm³/mol. The summed E-state index contributed by atoms with van der Waals surface area (Å²) in [7, 11) is -4.78. The third-order valence-electron chi connectivity index (χ3n) is 13.3. The number of phosphoric acid groups is 1. The first kappa shape index (κ1) is 74.7. The molecule has 0 fully saturated rings. The van der Waals surface area contributed by atoms with Crippen molar-refractivity contribution in [3.05, 3.63) is 85.1 Å². The predicted octanol–water partition coefficient (Wildman–Crippen LogP) is 19.0. The van der Waals surface area contributed by atoms with Crippen LogP contribution in [0.25, 0.3) is 0 Å². The van der Waals surface area contributed by atoms with Gasteiger partial charge in [0.1, 0.15) is 12.7 Å². The minimum atomic E-state index is -4.78. The van der Waals surface area contributed by atoms with Gasteiger partial charge in [0.15, 0.2) is 6.10 Å². The molecule has 11 nitrogen and oxygen atoms in total. The Morgan fingerprint density at radius 1 is 0.385 bits per heavy atom. The van der Waals surface area contributed by atoms with Gasteiger partial charge in [-0.3, -0.25) is 23.4 Å². The number of carbonyl (C=O) groups excluding carboxylic acids is 3. The average molecular weight is 1120 g/mol. The van der Waals surface area contributed by atoms with Crippen LogP contribution in [0.1, 0.15) is 278 Å². The molecule has 0 spiro atoms. The van der Waals surface area contributed by atoms with Gasteiger partial charge in [-0.25, -0.2) is 4.57 Å².